The van der Waals surface area contributed by atoms with Gasteiger partial charge >= 0.3 is 0 Å². The van der Waals surface area contributed by atoms with E-state index in [4.69, 9.17) is 10.5 Å². The summed E-state index contributed by atoms with van der Waals surface area (Å²) in [6, 6.07) is 6.30. The smallest absolute Gasteiger partial charge is 0.253 e. The van der Waals surface area contributed by atoms with Crippen LogP contribution in [0.2, 0.25) is 0 Å². The molecule has 0 saturated heterocycles. The van der Waals surface area contributed by atoms with Crippen LogP contribution in [0.4, 0.5) is 8.78 Å². The van der Waals surface area contributed by atoms with Gasteiger partial charge in [-0.15, -0.1) is 0 Å². The zero-order valence-electron chi connectivity index (χ0n) is 8.62. The molecule has 2 N–H and O–H groups in total. The molecular weight excluding hydrogens is 200 g/mol. The summed E-state index contributed by atoms with van der Waals surface area (Å²) in [6.07, 6.45) is -1.58. The van der Waals surface area contributed by atoms with E-state index in [1.54, 1.807) is 7.11 Å². The van der Waals surface area contributed by atoms with E-state index in [-0.39, 0.29) is 0 Å². The topological polar surface area (TPSA) is 35.2 Å². The average Bonchev–Trinajstić information content (AvgIpc) is 2.26. The number of aryl methyl sites for hydroxylation is 1. The lowest BCUT2D eigenvalue weighted by molar-refractivity contribution is 0.112. The SMILES string of the molecule is COc1ccc(CCC(N)C(F)F)cc1. The number of ether oxygens (including phenoxy) is 1. The molecule has 4 heteroatoms. The summed E-state index contributed by atoms with van der Waals surface area (Å²) in [5.41, 5.74) is 6.24. The zero-order valence-corrected chi connectivity index (χ0v) is 8.62. The molecule has 0 saturated carbocycles. The molecule has 84 valence electrons. The van der Waals surface area contributed by atoms with Crippen LogP contribution >= 0.6 is 0 Å². The second kappa shape index (κ2) is 5.66. The highest BCUT2D eigenvalue weighted by molar-refractivity contribution is 5.27. The van der Waals surface area contributed by atoms with E-state index in [1.807, 2.05) is 24.3 Å². The summed E-state index contributed by atoms with van der Waals surface area (Å²) in [5, 5.41) is 0. The lowest BCUT2D eigenvalue weighted by Gasteiger charge is -2.10. The summed E-state index contributed by atoms with van der Waals surface area (Å²) in [7, 11) is 1.59. The van der Waals surface area contributed by atoms with E-state index in [0.29, 0.717) is 12.8 Å². The van der Waals surface area contributed by atoms with Crippen LogP contribution in [-0.2, 0) is 6.42 Å². The average molecular weight is 215 g/mol. The Bertz CT molecular complexity index is 287. The third-order valence-electron chi connectivity index (χ3n) is 2.25. The molecule has 0 amide bonds. The standard InChI is InChI=1S/C11H15F2NO/c1-15-9-5-2-8(3-6-9)4-7-10(14)11(12)13/h2-3,5-6,10-11H,4,7,14H2,1H3. The van der Waals surface area contributed by atoms with Crippen LogP contribution in [0.25, 0.3) is 0 Å². The van der Waals surface area contributed by atoms with Crippen molar-refractivity contribution in [1.29, 1.82) is 0 Å². The van der Waals surface area contributed by atoms with E-state index in [9.17, 15) is 8.78 Å². The lowest BCUT2D eigenvalue weighted by atomic mass is 10.1. The Balaban J connectivity index is 2.44. The first-order valence-electron chi connectivity index (χ1n) is 4.80. The molecule has 1 atom stereocenters. The van der Waals surface area contributed by atoms with Crippen LogP contribution in [0.3, 0.4) is 0 Å². The Labute approximate surface area is 88.0 Å². The molecular formula is C11H15F2NO. The highest BCUT2D eigenvalue weighted by atomic mass is 19.3. The van der Waals surface area contributed by atoms with Gasteiger partial charge in [-0.05, 0) is 30.5 Å². The molecule has 0 aliphatic rings. The molecule has 0 heterocycles. The van der Waals surface area contributed by atoms with Crippen molar-refractivity contribution in [3.63, 3.8) is 0 Å². The Hall–Kier alpha value is -1.16. The second-order valence-electron chi connectivity index (χ2n) is 3.39. The van der Waals surface area contributed by atoms with Crippen molar-refractivity contribution in [2.45, 2.75) is 25.3 Å². The van der Waals surface area contributed by atoms with Crippen LogP contribution in [0, 0.1) is 0 Å². The van der Waals surface area contributed by atoms with Gasteiger partial charge in [-0.3, -0.25) is 0 Å². The summed E-state index contributed by atoms with van der Waals surface area (Å²) >= 11 is 0. The van der Waals surface area contributed by atoms with Gasteiger partial charge in [0.1, 0.15) is 5.75 Å². The first kappa shape index (κ1) is 11.9. The highest BCUT2D eigenvalue weighted by Gasteiger charge is 2.14. The third kappa shape index (κ3) is 3.83. The molecule has 0 aliphatic carbocycles. The van der Waals surface area contributed by atoms with Gasteiger partial charge in [0.2, 0.25) is 0 Å². The molecule has 0 aliphatic heterocycles. The predicted molar refractivity (Wildman–Crippen MR) is 55.3 cm³/mol. The number of alkyl halides is 2. The fraction of sp³-hybridized carbons (Fsp3) is 0.455. The van der Waals surface area contributed by atoms with Crippen LogP contribution in [0.5, 0.6) is 5.75 Å². The molecule has 1 aromatic rings. The fourth-order valence-electron chi connectivity index (χ4n) is 1.25. The number of rotatable bonds is 5. The van der Waals surface area contributed by atoms with Crippen molar-refractivity contribution in [2.75, 3.05) is 7.11 Å². The number of hydrogen-bond acceptors (Lipinski definition) is 2. The van der Waals surface area contributed by atoms with Crippen LogP contribution in [-0.4, -0.2) is 19.6 Å². The maximum absolute atomic E-state index is 12.1. The largest absolute Gasteiger partial charge is 0.497 e. The summed E-state index contributed by atoms with van der Waals surface area (Å²) in [4.78, 5) is 0. The molecule has 1 aromatic carbocycles. The highest BCUT2D eigenvalue weighted by Crippen LogP contribution is 2.14. The Kier molecular flexibility index (Phi) is 4.49. The van der Waals surface area contributed by atoms with Crippen LogP contribution in [0.1, 0.15) is 12.0 Å². The Morgan fingerprint density at radius 2 is 1.87 bits per heavy atom. The number of hydrogen-bond donors (Lipinski definition) is 1. The van der Waals surface area contributed by atoms with E-state index in [0.717, 1.165) is 11.3 Å². The molecule has 15 heavy (non-hydrogen) atoms. The van der Waals surface area contributed by atoms with E-state index < -0.39 is 12.5 Å². The lowest BCUT2D eigenvalue weighted by Crippen LogP contribution is -2.28. The van der Waals surface area contributed by atoms with Crippen molar-refractivity contribution in [3.8, 4) is 5.75 Å². The first-order valence-corrected chi connectivity index (χ1v) is 4.80. The number of methoxy groups -OCH3 is 1. The van der Waals surface area contributed by atoms with Crippen LogP contribution in [0.15, 0.2) is 24.3 Å². The van der Waals surface area contributed by atoms with E-state index in [1.165, 1.54) is 0 Å². The van der Waals surface area contributed by atoms with E-state index in [2.05, 4.69) is 0 Å². The first-order chi connectivity index (χ1) is 7.13. The molecule has 0 bridgehead atoms. The van der Waals surface area contributed by atoms with Crippen molar-refractivity contribution in [2.24, 2.45) is 5.73 Å². The molecule has 0 fully saturated rings. The van der Waals surface area contributed by atoms with Crippen molar-refractivity contribution in [3.05, 3.63) is 29.8 Å². The molecule has 0 aromatic heterocycles. The minimum atomic E-state index is -2.44. The van der Waals surface area contributed by atoms with Gasteiger partial charge in [0.15, 0.2) is 0 Å². The van der Waals surface area contributed by atoms with Gasteiger partial charge < -0.3 is 10.5 Å². The van der Waals surface area contributed by atoms with Crippen molar-refractivity contribution in [1.82, 2.24) is 0 Å². The second-order valence-corrected chi connectivity index (χ2v) is 3.39. The monoisotopic (exact) mass is 215 g/mol. The minimum Gasteiger partial charge on any atom is -0.497 e. The summed E-state index contributed by atoms with van der Waals surface area (Å²) in [6.45, 7) is 0. The summed E-state index contributed by atoms with van der Waals surface area (Å²) in [5.74, 6) is 0.761. The van der Waals surface area contributed by atoms with Crippen LogP contribution < -0.4 is 10.5 Å². The van der Waals surface area contributed by atoms with Gasteiger partial charge in [-0.1, -0.05) is 12.1 Å². The number of halogens is 2. The molecule has 0 radical (unpaired) electrons. The normalized spacial score (nSPS) is 12.9. The molecule has 2 nitrogen and oxygen atoms in total. The molecule has 1 unspecified atom stereocenters. The van der Waals surface area contributed by atoms with Crippen molar-refractivity contribution < 1.29 is 13.5 Å². The van der Waals surface area contributed by atoms with Gasteiger partial charge in [0.05, 0.1) is 13.2 Å². The third-order valence-corrected chi connectivity index (χ3v) is 2.25. The fourth-order valence-corrected chi connectivity index (χ4v) is 1.25. The molecule has 1 rings (SSSR count). The maximum atomic E-state index is 12.1. The van der Waals surface area contributed by atoms with Gasteiger partial charge in [-0.25, -0.2) is 8.78 Å². The molecule has 0 spiro atoms. The van der Waals surface area contributed by atoms with Gasteiger partial charge in [0.25, 0.3) is 6.43 Å². The predicted octanol–water partition coefficient (Wildman–Crippen LogP) is 2.22. The van der Waals surface area contributed by atoms with Gasteiger partial charge in [-0.2, -0.15) is 0 Å². The number of nitrogens with two attached hydrogens (primary N) is 1. The Morgan fingerprint density at radius 1 is 1.27 bits per heavy atom. The van der Waals surface area contributed by atoms with E-state index >= 15 is 0 Å². The zero-order chi connectivity index (χ0) is 11.3. The summed E-state index contributed by atoms with van der Waals surface area (Å²) < 4.78 is 29.2. The maximum Gasteiger partial charge on any atom is 0.253 e. The van der Waals surface area contributed by atoms with Gasteiger partial charge in [0, 0.05) is 0 Å². The minimum absolute atomic E-state index is 0.296. The Morgan fingerprint density at radius 3 is 2.33 bits per heavy atom. The quantitative estimate of drug-likeness (QED) is 0.817. The van der Waals surface area contributed by atoms with Crippen molar-refractivity contribution >= 4 is 0 Å². The number of benzene rings is 1.